The number of aliphatic hydroxyl groups is 1. The molecule has 0 aliphatic carbocycles. The number of benzene rings is 2. The molecular formula is C20H24F3NO3. The second-order valence-corrected chi connectivity index (χ2v) is 6.23. The molecule has 27 heavy (non-hydrogen) atoms. The molecule has 4 nitrogen and oxygen atoms in total. The number of aliphatic hydroxyl groups excluding tert-OH is 1. The van der Waals surface area contributed by atoms with Crippen LogP contribution in [-0.4, -0.2) is 47.4 Å². The number of alkyl halides is 3. The number of hydrogen-bond donors (Lipinski definition) is 2. The Kier molecular flexibility index (Phi) is 8.97. The van der Waals surface area contributed by atoms with Gasteiger partial charge in [0.25, 0.3) is 0 Å². The van der Waals surface area contributed by atoms with Crippen molar-refractivity contribution in [3.8, 4) is 0 Å². The zero-order chi connectivity index (χ0) is 20.4. The summed E-state index contributed by atoms with van der Waals surface area (Å²) in [6, 6.07) is 18.4. The fourth-order valence-electron chi connectivity index (χ4n) is 2.35. The van der Waals surface area contributed by atoms with Crippen molar-refractivity contribution < 1.29 is 28.2 Å². The van der Waals surface area contributed by atoms with Gasteiger partial charge in [0.05, 0.1) is 6.10 Å². The predicted molar refractivity (Wildman–Crippen MR) is 97.5 cm³/mol. The third kappa shape index (κ3) is 9.21. The fourth-order valence-corrected chi connectivity index (χ4v) is 2.35. The molecule has 0 aliphatic rings. The lowest BCUT2D eigenvalue weighted by Crippen LogP contribution is -2.26. The van der Waals surface area contributed by atoms with Gasteiger partial charge in [-0.2, -0.15) is 13.2 Å². The number of carboxylic acids is 1. The van der Waals surface area contributed by atoms with Crippen LogP contribution in [0.1, 0.15) is 22.8 Å². The second kappa shape index (κ2) is 10.7. The highest BCUT2D eigenvalue weighted by Gasteiger charge is 2.38. The Morgan fingerprint density at radius 3 is 2.22 bits per heavy atom. The van der Waals surface area contributed by atoms with Crippen molar-refractivity contribution in [1.82, 2.24) is 4.90 Å². The van der Waals surface area contributed by atoms with Gasteiger partial charge in [-0.1, -0.05) is 60.2 Å². The number of carbonyl (C=O) groups is 1. The molecule has 1 unspecified atom stereocenters. The molecule has 2 aromatic rings. The molecule has 148 valence electrons. The molecule has 0 radical (unpaired) electrons. The van der Waals surface area contributed by atoms with E-state index < -0.39 is 18.2 Å². The molecule has 0 fully saturated rings. The van der Waals surface area contributed by atoms with Crippen molar-refractivity contribution in [2.45, 2.75) is 25.6 Å². The molecule has 0 spiro atoms. The molecular weight excluding hydrogens is 359 g/mol. The quantitative estimate of drug-likeness (QED) is 0.796. The third-order valence-corrected chi connectivity index (χ3v) is 3.78. The van der Waals surface area contributed by atoms with E-state index in [1.807, 2.05) is 30.3 Å². The highest BCUT2D eigenvalue weighted by atomic mass is 19.4. The lowest BCUT2D eigenvalue weighted by atomic mass is 10.1. The van der Waals surface area contributed by atoms with E-state index in [4.69, 9.17) is 9.90 Å². The lowest BCUT2D eigenvalue weighted by Gasteiger charge is -2.20. The summed E-state index contributed by atoms with van der Waals surface area (Å²) in [6.45, 7) is 3.73. The maximum Gasteiger partial charge on any atom is 0.490 e. The van der Waals surface area contributed by atoms with E-state index in [0.717, 1.165) is 18.5 Å². The van der Waals surface area contributed by atoms with Gasteiger partial charge in [-0.15, -0.1) is 0 Å². The van der Waals surface area contributed by atoms with Crippen LogP contribution < -0.4 is 0 Å². The van der Waals surface area contributed by atoms with Crippen LogP contribution >= 0.6 is 0 Å². The predicted octanol–water partition coefficient (Wildman–Crippen LogP) is 3.84. The number of halogens is 3. The topological polar surface area (TPSA) is 60.8 Å². The van der Waals surface area contributed by atoms with E-state index in [0.29, 0.717) is 6.54 Å². The van der Waals surface area contributed by atoms with Gasteiger partial charge in [0.2, 0.25) is 0 Å². The Hall–Kier alpha value is -2.38. The first kappa shape index (κ1) is 22.7. The molecule has 2 rings (SSSR count). The van der Waals surface area contributed by atoms with Crippen molar-refractivity contribution in [2.75, 3.05) is 20.1 Å². The molecule has 0 saturated heterocycles. The van der Waals surface area contributed by atoms with E-state index in [-0.39, 0.29) is 0 Å². The molecule has 2 N–H and O–H groups in total. The van der Waals surface area contributed by atoms with Crippen LogP contribution in [0.25, 0.3) is 0 Å². The maximum absolute atomic E-state index is 10.6. The van der Waals surface area contributed by atoms with E-state index >= 15 is 0 Å². The first-order chi connectivity index (χ1) is 12.6. The van der Waals surface area contributed by atoms with Crippen LogP contribution in [0.5, 0.6) is 0 Å². The molecule has 1 atom stereocenters. The van der Waals surface area contributed by atoms with Crippen molar-refractivity contribution in [3.63, 3.8) is 0 Å². The maximum atomic E-state index is 10.6. The molecule has 0 aromatic heterocycles. The van der Waals surface area contributed by atoms with E-state index in [1.165, 1.54) is 11.1 Å². The number of rotatable bonds is 6. The standard InChI is InChI=1S/C18H23NO.C2HF3O2/c1-15-7-6-8-16(13-15)11-12-19(2)14-18(20)17-9-4-3-5-10-17;3-2(4,5)1(6)7/h3-10,13,18,20H,11-12,14H2,1-2H3;(H,6,7). The largest absolute Gasteiger partial charge is 0.490 e. The normalized spacial score (nSPS) is 12.3. The van der Waals surface area contributed by atoms with Gasteiger partial charge in [-0.3, -0.25) is 0 Å². The highest BCUT2D eigenvalue weighted by Crippen LogP contribution is 2.14. The van der Waals surface area contributed by atoms with Gasteiger partial charge >= 0.3 is 12.1 Å². The van der Waals surface area contributed by atoms with Crippen LogP contribution in [-0.2, 0) is 11.2 Å². The molecule has 0 bridgehead atoms. The summed E-state index contributed by atoms with van der Waals surface area (Å²) in [5.41, 5.74) is 3.63. The van der Waals surface area contributed by atoms with Crippen molar-refractivity contribution in [2.24, 2.45) is 0 Å². The van der Waals surface area contributed by atoms with Crippen molar-refractivity contribution >= 4 is 5.97 Å². The average molecular weight is 383 g/mol. The van der Waals surface area contributed by atoms with Gasteiger partial charge in [0.1, 0.15) is 0 Å². The summed E-state index contributed by atoms with van der Waals surface area (Å²) >= 11 is 0. The molecule has 2 aromatic carbocycles. The Morgan fingerprint density at radius 1 is 1.11 bits per heavy atom. The van der Waals surface area contributed by atoms with Gasteiger partial charge in [-0.25, -0.2) is 4.79 Å². The summed E-state index contributed by atoms with van der Waals surface area (Å²) in [4.78, 5) is 11.1. The fraction of sp³-hybridized carbons (Fsp3) is 0.350. The summed E-state index contributed by atoms with van der Waals surface area (Å²) in [5.74, 6) is -2.76. The van der Waals surface area contributed by atoms with Gasteiger partial charge in [-0.05, 0) is 31.5 Å². The Morgan fingerprint density at radius 2 is 1.70 bits per heavy atom. The average Bonchev–Trinajstić information content (AvgIpc) is 2.60. The molecule has 0 aliphatic heterocycles. The zero-order valence-electron chi connectivity index (χ0n) is 15.3. The molecule has 0 heterocycles. The van der Waals surface area contributed by atoms with Crippen LogP contribution in [0, 0.1) is 6.92 Å². The second-order valence-electron chi connectivity index (χ2n) is 6.23. The van der Waals surface area contributed by atoms with Crippen molar-refractivity contribution in [3.05, 3.63) is 71.3 Å². The molecule has 0 amide bonds. The third-order valence-electron chi connectivity index (χ3n) is 3.78. The number of carboxylic acid groups (broad SMARTS) is 1. The number of likely N-dealkylation sites (N-methyl/N-ethyl adjacent to an activating group) is 1. The highest BCUT2D eigenvalue weighted by molar-refractivity contribution is 5.73. The van der Waals surface area contributed by atoms with Gasteiger partial charge < -0.3 is 15.1 Å². The summed E-state index contributed by atoms with van der Waals surface area (Å²) in [6.07, 6.45) is -4.49. The SMILES string of the molecule is Cc1cccc(CCN(C)CC(O)c2ccccc2)c1.O=C(O)C(F)(F)F. The summed E-state index contributed by atoms with van der Waals surface area (Å²) in [5, 5.41) is 17.3. The van der Waals surface area contributed by atoms with Crippen LogP contribution in [0.15, 0.2) is 54.6 Å². The summed E-state index contributed by atoms with van der Waals surface area (Å²) < 4.78 is 31.7. The number of hydrogen-bond acceptors (Lipinski definition) is 3. The minimum Gasteiger partial charge on any atom is -0.475 e. The van der Waals surface area contributed by atoms with E-state index in [1.54, 1.807) is 0 Å². The number of nitrogens with zero attached hydrogens (tertiary/aromatic N) is 1. The Balaban J connectivity index is 0.000000445. The van der Waals surface area contributed by atoms with Gasteiger partial charge in [0.15, 0.2) is 0 Å². The molecule has 7 heteroatoms. The Bertz CT molecular complexity index is 705. The van der Waals surface area contributed by atoms with Gasteiger partial charge in [0, 0.05) is 13.1 Å². The van der Waals surface area contributed by atoms with E-state index in [9.17, 15) is 18.3 Å². The first-order valence-electron chi connectivity index (χ1n) is 8.37. The summed E-state index contributed by atoms with van der Waals surface area (Å²) in [7, 11) is 2.06. The monoisotopic (exact) mass is 383 g/mol. The minimum absolute atomic E-state index is 0.418. The van der Waals surface area contributed by atoms with Crippen LogP contribution in [0.3, 0.4) is 0 Å². The van der Waals surface area contributed by atoms with Crippen molar-refractivity contribution in [1.29, 1.82) is 0 Å². The number of aliphatic carboxylic acids is 1. The van der Waals surface area contributed by atoms with Crippen LogP contribution in [0.4, 0.5) is 13.2 Å². The molecule has 0 saturated carbocycles. The van der Waals surface area contributed by atoms with Crippen LogP contribution in [0.2, 0.25) is 0 Å². The lowest BCUT2D eigenvalue weighted by molar-refractivity contribution is -0.192. The number of aryl methyl sites for hydroxylation is 1. The zero-order valence-corrected chi connectivity index (χ0v) is 15.3. The minimum atomic E-state index is -5.08. The smallest absolute Gasteiger partial charge is 0.475 e. The van der Waals surface area contributed by atoms with E-state index in [2.05, 4.69) is 43.1 Å². The first-order valence-corrected chi connectivity index (χ1v) is 8.37. The Labute approximate surface area is 156 Å².